The van der Waals surface area contributed by atoms with Gasteiger partial charge in [-0.2, -0.15) is 0 Å². The second-order valence-corrected chi connectivity index (χ2v) is 3.00. The highest BCUT2D eigenvalue weighted by atomic mass is 16.1. The molecular weight excluding hydrogens is 164 g/mol. The summed E-state index contributed by atoms with van der Waals surface area (Å²) < 4.78 is 0. The topological polar surface area (TPSA) is 55.1 Å². The number of carbonyl (C=O) groups excluding carboxylic acids is 1. The van der Waals surface area contributed by atoms with Gasteiger partial charge in [0, 0.05) is 12.7 Å². The van der Waals surface area contributed by atoms with E-state index in [2.05, 4.69) is 5.32 Å². The molecule has 3 nitrogen and oxygen atoms in total. The van der Waals surface area contributed by atoms with Crippen molar-refractivity contribution in [1.29, 1.82) is 0 Å². The van der Waals surface area contributed by atoms with Gasteiger partial charge in [-0.05, 0) is 24.6 Å². The molecular formula is C10H14N2O. The zero-order valence-electron chi connectivity index (χ0n) is 7.87. The summed E-state index contributed by atoms with van der Waals surface area (Å²) in [5.41, 5.74) is 7.16. The Morgan fingerprint density at radius 2 is 1.92 bits per heavy atom. The van der Waals surface area contributed by atoms with Crippen molar-refractivity contribution in [3.8, 4) is 0 Å². The molecule has 0 radical (unpaired) electrons. The zero-order chi connectivity index (χ0) is 9.84. The molecule has 1 aromatic rings. The standard InChI is InChI=1S/C10H14N2O/c1-7(10(11)13)8-3-5-9(12-2)6-4-8/h3-7,12H,1-2H3,(H2,11,13)/t7-/m1/s1. The van der Waals surface area contributed by atoms with Gasteiger partial charge in [0.15, 0.2) is 0 Å². The van der Waals surface area contributed by atoms with Crippen LogP contribution in [0.15, 0.2) is 24.3 Å². The number of carbonyl (C=O) groups is 1. The quantitative estimate of drug-likeness (QED) is 0.733. The Labute approximate surface area is 77.9 Å². The van der Waals surface area contributed by atoms with Gasteiger partial charge in [-0.1, -0.05) is 12.1 Å². The van der Waals surface area contributed by atoms with Crippen LogP contribution in [-0.2, 0) is 4.79 Å². The molecule has 0 spiro atoms. The van der Waals surface area contributed by atoms with Gasteiger partial charge in [-0.25, -0.2) is 0 Å². The van der Waals surface area contributed by atoms with Crippen molar-refractivity contribution < 1.29 is 4.79 Å². The minimum absolute atomic E-state index is 0.217. The molecule has 13 heavy (non-hydrogen) atoms. The van der Waals surface area contributed by atoms with Crippen molar-refractivity contribution >= 4 is 11.6 Å². The van der Waals surface area contributed by atoms with Crippen LogP contribution in [0.3, 0.4) is 0 Å². The Balaban J connectivity index is 2.85. The number of hydrogen-bond acceptors (Lipinski definition) is 2. The summed E-state index contributed by atoms with van der Waals surface area (Å²) in [7, 11) is 1.85. The number of hydrogen-bond donors (Lipinski definition) is 2. The first-order valence-electron chi connectivity index (χ1n) is 4.22. The number of nitrogens with one attached hydrogen (secondary N) is 1. The van der Waals surface area contributed by atoms with Crippen molar-refractivity contribution in [2.24, 2.45) is 5.73 Å². The molecule has 3 N–H and O–H groups in total. The minimum Gasteiger partial charge on any atom is -0.388 e. The van der Waals surface area contributed by atoms with E-state index in [1.54, 1.807) is 6.92 Å². The monoisotopic (exact) mass is 178 g/mol. The Hall–Kier alpha value is -1.51. The van der Waals surface area contributed by atoms with Crippen LogP contribution >= 0.6 is 0 Å². The first-order valence-corrected chi connectivity index (χ1v) is 4.22. The summed E-state index contributed by atoms with van der Waals surface area (Å²) in [4.78, 5) is 10.9. The zero-order valence-corrected chi connectivity index (χ0v) is 7.87. The lowest BCUT2D eigenvalue weighted by Crippen LogP contribution is -2.18. The molecule has 0 unspecified atom stereocenters. The number of nitrogens with two attached hydrogens (primary N) is 1. The highest BCUT2D eigenvalue weighted by Crippen LogP contribution is 2.16. The van der Waals surface area contributed by atoms with Gasteiger partial charge in [0.2, 0.25) is 5.91 Å². The third-order valence-corrected chi connectivity index (χ3v) is 2.13. The second kappa shape index (κ2) is 3.94. The molecule has 3 heteroatoms. The molecule has 0 fully saturated rings. The first-order chi connectivity index (χ1) is 6.15. The molecule has 0 heterocycles. The fourth-order valence-corrected chi connectivity index (χ4v) is 1.10. The SMILES string of the molecule is CNc1ccc([C@@H](C)C(N)=O)cc1. The normalized spacial score (nSPS) is 12.2. The molecule has 0 aliphatic rings. The number of amides is 1. The van der Waals surface area contributed by atoms with Crippen LogP contribution in [0.4, 0.5) is 5.69 Å². The van der Waals surface area contributed by atoms with Crippen molar-refractivity contribution in [1.82, 2.24) is 0 Å². The van der Waals surface area contributed by atoms with Gasteiger partial charge in [0.25, 0.3) is 0 Å². The maximum atomic E-state index is 10.9. The molecule has 1 rings (SSSR count). The highest BCUT2D eigenvalue weighted by molar-refractivity contribution is 5.81. The second-order valence-electron chi connectivity index (χ2n) is 3.00. The van der Waals surface area contributed by atoms with Gasteiger partial charge in [0.05, 0.1) is 5.92 Å². The lowest BCUT2D eigenvalue weighted by atomic mass is 10.0. The average Bonchev–Trinajstić information content (AvgIpc) is 2.17. The Morgan fingerprint density at radius 1 is 1.38 bits per heavy atom. The molecule has 0 aliphatic carbocycles. The van der Waals surface area contributed by atoms with E-state index in [0.717, 1.165) is 11.3 Å². The van der Waals surface area contributed by atoms with Crippen molar-refractivity contribution in [3.05, 3.63) is 29.8 Å². The lowest BCUT2D eigenvalue weighted by Gasteiger charge is -2.08. The van der Waals surface area contributed by atoms with Crippen LogP contribution < -0.4 is 11.1 Å². The lowest BCUT2D eigenvalue weighted by molar-refractivity contribution is -0.119. The van der Waals surface area contributed by atoms with Crippen LogP contribution in [0.25, 0.3) is 0 Å². The Bertz CT molecular complexity index is 292. The van der Waals surface area contributed by atoms with Crippen molar-refractivity contribution in [2.45, 2.75) is 12.8 Å². The smallest absolute Gasteiger partial charge is 0.224 e. The predicted molar refractivity (Wildman–Crippen MR) is 53.6 cm³/mol. The van der Waals surface area contributed by atoms with Gasteiger partial charge >= 0.3 is 0 Å². The number of primary amides is 1. The molecule has 0 saturated heterocycles. The Kier molecular flexibility index (Phi) is 2.90. The number of benzene rings is 1. The van der Waals surface area contributed by atoms with Gasteiger partial charge < -0.3 is 11.1 Å². The highest BCUT2D eigenvalue weighted by Gasteiger charge is 2.10. The summed E-state index contributed by atoms with van der Waals surface area (Å²) in [6, 6.07) is 7.66. The van der Waals surface area contributed by atoms with E-state index in [-0.39, 0.29) is 11.8 Å². The summed E-state index contributed by atoms with van der Waals surface area (Å²) in [5.74, 6) is -0.511. The minimum atomic E-state index is -0.294. The van der Waals surface area contributed by atoms with Crippen molar-refractivity contribution in [2.75, 3.05) is 12.4 Å². The third-order valence-electron chi connectivity index (χ3n) is 2.13. The molecule has 1 amide bonds. The summed E-state index contributed by atoms with van der Waals surface area (Å²) >= 11 is 0. The molecule has 0 bridgehead atoms. The maximum Gasteiger partial charge on any atom is 0.224 e. The van der Waals surface area contributed by atoms with E-state index in [1.165, 1.54) is 0 Å². The van der Waals surface area contributed by atoms with Crippen LogP contribution in [0.5, 0.6) is 0 Å². The van der Waals surface area contributed by atoms with Crippen LogP contribution in [-0.4, -0.2) is 13.0 Å². The van der Waals surface area contributed by atoms with Gasteiger partial charge in [0.1, 0.15) is 0 Å². The molecule has 0 aromatic heterocycles. The molecule has 0 aliphatic heterocycles. The predicted octanol–water partition coefficient (Wildman–Crippen LogP) is 1.32. The van der Waals surface area contributed by atoms with Crippen LogP contribution in [0.2, 0.25) is 0 Å². The van der Waals surface area contributed by atoms with E-state index < -0.39 is 0 Å². The van der Waals surface area contributed by atoms with E-state index in [1.807, 2.05) is 31.3 Å². The van der Waals surface area contributed by atoms with Crippen molar-refractivity contribution in [3.63, 3.8) is 0 Å². The van der Waals surface area contributed by atoms with E-state index in [0.29, 0.717) is 0 Å². The summed E-state index contributed by atoms with van der Waals surface area (Å²) in [6.07, 6.45) is 0. The number of anilines is 1. The largest absolute Gasteiger partial charge is 0.388 e. The van der Waals surface area contributed by atoms with E-state index in [4.69, 9.17) is 5.73 Å². The maximum absolute atomic E-state index is 10.9. The molecule has 70 valence electrons. The Morgan fingerprint density at radius 3 is 2.31 bits per heavy atom. The molecule has 1 atom stereocenters. The van der Waals surface area contributed by atoms with Gasteiger partial charge in [-0.15, -0.1) is 0 Å². The van der Waals surface area contributed by atoms with E-state index in [9.17, 15) is 4.79 Å². The fraction of sp³-hybridized carbons (Fsp3) is 0.300. The van der Waals surface area contributed by atoms with Crippen LogP contribution in [0.1, 0.15) is 18.4 Å². The fourth-order valence-electron chi connectivity index (χ4n) is 1.10. The third kappa shape index (κ3) is 2.21. The number of rotatable bonds is 3. The molecule has 0 saturated carbocycles. The van der Waals surface area contributed by atoms with E-state index >= 15 is 0 Å². The first kappa shape index (κ1) is 9.58. The van der Waals surface area contributed by atoms with Gasteiger partial charge in [-0.3, -0.25) is 4.79 Å². The average molecular weight is 178 g/mol. The van der Waals surface area contributed by atoms with Crippen LogP contribution in [0, 0.1) is 0 Å². The summed E-state index contributed by atoms with van der Waals surface area (Å²) in [6.45, 7) is 1.80. The summed E-state index contributed by atoms with van der Waals surface area (Å²) in [5, 5.41) is 3.01. The molecule has 1 aromatic carbocycles.